The maximum atomic E-state index is 12.7. The topological polar surface area (TPSA) is 84.2 Å². The molecule has 4 atom stereocenters. The fourth-order valence-corrected chi connectivity index (χ4v) is 4.40. The number of carbonyl (C=O) groups excluding carboxylic acids is 1. The summed E-state index contributed by atoms with van der Waals surface area (Å²) in [7, 11) is 1.92. The number of rotatable bonds is 6. The fourth-order valence-electron chi connectivity index (χ4n) is 4.40. The predicted molar refractivity (Wildman–Crippen MR) is 89.2 cm³/mol. The minimum atomic E-state index is -0.864. The molecule has 4 unspecified atom stereocenters. The Kier molecular flexibility index (Phi) is 4.47. The van der Waals surface area contributed by atoms with Gasteiger partial charge in [-0.2, -0.15) is 5.10 Å². The van der Waals surface area contributed by atoms with Crippen LogP contribution in [0.1, 0.15) is 37.2 Å². The van der Waals surface area contributed by atoms with Gasteiger partial charge in [-0.15, -0.1) is 0 Å². The third kappa shape index (κ3) is 2.64. The lowest BCUT2D eigenvalue weighted by Crippen LogP contribution is -2.40. The van der Waals surface area contributed by atoms with Crippen molar-refractivity contribution in [2.45, 2.75) is 39.7 Å². The van der Waals surface area contributed by atoms with E-state index in [1.54, 1.807) is 0 Å². The lowest BCUT2D eigenvalue weighted by atomic mass is 9.82. The van der Waals surface area contributed by atoms with Crippen LogP contribution >= 0.6 is 0 Å². The second-order valence-corrected chi connectivity index (χ2v) is 6.76. The second kappa shape index (κ2) is 6.42. The van der Waals surface area contributed by atoms with E-state index in [0.717, 1.165) is 36.2 Å². The summed E-state index contributed by atoms with van der Waals surface area (Å²) in [5.74, 6) is -2.00. The van der Waals surface area contributed by atoms with Gasteiger partial charge in [0.25, 0.3) is 0 Å². The van der Waals surface area contributed by atoms with Crippen LogP contribution in [0.3, 0.4) is 0 Å². The smallest absolute Gasteiger partial charge is 0.307 e. The van der Waals surface area contributed by atoms with Crippen molar-refractivity contribution < 1.29 is 14.7 Å². The van der Waals surface area contributed by atoms with E-state index < -0.39 is 17.8 Å². The molecule has 2 N–H and O–H groups in total. The van der Waals surface area contributed by atoms with Crippen molar-refractivity contribution in [3.05, 3.63) is 29.1 Å². The molecule has 1 aromatic rings. The van der Waals surface area contributed by atoms with Crippen LogP contribution in [0.25, 0.3) is 0 Å². The van der Waals surface area contributed by atoms with Crippen molar-refractivity contribution in [3.8, 4) is 0 Å². The summed E-state index contributed by atoms with van der Waals surface area (Å²) >= 11 is 0. The molecule has 1 aromatic heterocycles. The zero-order valence-electron chi connectivity index (χ0n) is 14.5. The average molecular weight is 331 g/mol. The minimum Gasteiger partial charge on any atom is -0.481 e. The molecular formula is C18H25N3O3. The molecule has 6 nitrogen and oxygen atoms in total. The van der Waals surface area contributed by atoms with E-state index in [-0.39, 0.29) is 17.7 Å². The molecular weight excluding hydrogens is 306 g/mol. The van der Waals surface area contributed by atoms with Crippen LogP contribution in [-0.4, -0.2) is 26.8 Å². The Balaban J connectivity index is 1.75. The van der Waals surface area contributed by atoms with E-state index in [0.29, 0.717) is 6.54 Å². The van der Waals surface area contributed by atoms with E-state index in [9.17, 15) is 14.7 Å². The monoisotopic (exact) mass is 331 g/mol. The van der Waals surface area contributed by atoms with Gasteiger partial charge in [0.2, 0.25) is 5.91 Å². The highest BCUT2D eigenvalue weighted by molar-refractivity contribution is 5.86. The van der Waals surface area contributed by atoms with Gasteiger partial charge in [-0.05, 0) is 31.1 Å². The number of hydrogen-bond acceptors (Lipinski definition) is 3. The molecule has 0 radical (unpaired) electrons. The number of aromatic nitrogens is 2. The van der Waals surface area contributed by atoms with Crippen LogP contribution in [0, 0.1) is 23.7 Å². The Morgan fingerprint density at radius 3 is 2.50 bits per heavy atom. The summed E-state index contributed by atoms with van der Waals surface area (Å²) in [6.07, 6.45) is 6.41. The Morgan fingerprint density at radius 2 is 1.92 bits per heavy atom. The van der Waals surface area contributed by atoms with Crippen molar-refractivity contribution in [2.75, 3.05) is 0 Å². The molecule has 1 heterocycles. The van der Waals surface area contributed by atoms with Crippen LogP contribution in [-0.2, 0) is 36.0 Å². The molecule has 2 bridgehead atoms. The first-order chi connectivity index (χ1) is 11.5. The van der Waals surface area contributed by atoms with Crippen LogP contribution in [0.5, 0.6) is 0 Å². The number of nitrogens with zero attached hydrogens (tertiary/aromatic N) is 2. The standard InChI is InChI=1S/C18H25N3O3/c1-4-13-12(14(5-2)21(3)20-13)9-19-17(22)15-10-6-7-11(8-10)16(15)18(23)24/h6-7,10-11,15-16H,4-5,8-9H2,1-3H3,(H,19,22)(H,23,24). The summed E-state index contributed by atoms with van der Waals surface area (Å²) in [5, 5.41) is 17.0. The molecule has 1 saturated carbocycles. The number of fused-ring (bicyclic) bond motifs is 2. The van der Waals surface area contributed by atoms with Crippen molar-refractivity contribution in [3.63, 3.8) is 0 Å². The first-order valence-corrected chi connectivity index (χ1v) is 8.70. The van der Waals surface area contributed by atoms with Crippen LogP contribution in [0.4, 0.5) is 0 Å². The summed E-state index contributed by atoms with van der Waals surface area (Å²) in [4.78, 5) is 24.3. The lowest BCUT2D eigenvalue weighted by molar-refractivity contribution is -0.147. The van der Waals surface area contributed by atoms with Crippen molar-refractivity contribution in [1.29, 1.82) is 0 Å². The Bertz CT molecular complexity index is 692. The highest BCUT2D eigenvalue weighted by Gasteiger charge is 2.51. The summed E-state index contributed by atoms with van der Waals surface area (Å²) < 4.78 is 1.88. The Labute approximate surface area is 141 Å². The SMILES string of the molecule is CCc1nn(C)c(CC)c1CNC(=O)C1C2C=CC(C2)C1C(=O)O. The number of carboxylic acid groups (broad SMARTS) is 1. The molecule has 2 aliphatic carbocycles. The average Bonchev–Trinajstić information content (AvgIpc) is 3.24. The highest BCUT2D eigenvalue weighted by atomic mass is 16.4. The number of amides is 1. The van der Waals surface area contributed by atoms with Gasteiger partial charge in [0.05, 0.1) is 17.5 Å². The van der Waals surface area contributed by atoms with E-state index in [1.165, 1.54) is 0 Å². The van der Waals surface area contributed by atoms with Gasteiger partial charge in [-0.1, -0.05) is 26.0 Å². The maximum Gasteiger partial charge on any atom is 0.307 e. The van der Waals surface area contributed by atoms with Gasteiger partial charge in [0.15, 0.2) is 0 Å². The van der Waals surface area contributed by atoms with E-state index in [1.807, 2.05) is 30.8 Å². The van der Waals surface area contributed by atoms with E-state index in [2.05, 4.69) is 17.3 Å². The highest BCUT2D eigenvalue weighted by Crippen LogP contribution is 2.48. The molecule has 0 saturated heterocycles. The quantitative estimate of drug-likeness (QED) is 0.777. The van der Waals surface area contributed by atoms with Gasteiger partial charge in [0.1, 0.15) is 0 Å². The molecule has 0 spiro atoms. The second-order valence-electron chi connectivity index (χ2n) is 6.76. The molecule has 0 aliphatic heterocycles. The van der Waals surface area contributed by atoms with Gasteiger partial charge in [-0.3, -0.25) is 14.3 Å². The summed E-state index contributed by atoms with van der Waals surface area (Å²) in [5.41, 5.74) is 3.19. The Hall–Kier alpha value is -2.11. The molecule has 1 amide bonds. The third-order valence-corrected chi connectivity index (χ3v) is 5.51. The maximum absolute atomic E-state index is 12.7. The van der Waals surface area contributed by atoms with Gasteiger partial charge < -0.3 is 10.4 Å². The zero-order valence-corrected chi connectivity index (χ0v) is 14.5. The van der Waals surface area contributed by atoms with Gasteiger partial charge in [-0.25, -0.2) is 0 Å². The van der Waals surface area contributed by atoms with Gasteiger partial charge in [0, 0.05) is 24.8 Å². The minimum absolute atomic E-state index is 0.000882. The van der Waals surface area contributed by atoms with Crippen molar-refractivity contribution in [1.82, 2.24) is 15.1 Å². The Morgan fingerprint density at radius 1 is 1.25 bits per heavy atom. The molecule has 1 fully saturated rings. The summed E-state index contributed by atoms with van der Waals surface area (Å²) in [6.45, 7) is 4.54. The number of aryl methyl sites for hydroxylation is 2. The first kappa shape index (κ1) is 16.7. The normalized spacial score (nSPS) is 27.6. The van der Waals surface area contributed by atoms with E-state index >= 15 is 0 Å². The molecule has 3 rings (SSSR count). The number of allylic oxidation sites excluding steroid dienone is 2. The lowest BCUT2D eigenvalue weighted by Gasteiger charge is -2.24. The molecule has 130 valence electrons. The molecule has 24 heavy (non-hydrogen) atoms. The number of hydrogen-bond donors (Lipinski definition) is 2. The summed E-state index contributed by atoms with van der Waals surface area (Å²) in [6, 6.07) is 0. The number of aliphatic carboxylic acids is 1. The number of carbonyl (C=O) groups is 2. The van der Waals surface area contributed by atoms with Crippen LogP contribution in [0.2, 0.25) is 0 Å². The largest absolute Gasteiger partial charge is 0.481 e. The molecule has 6 heteroatoms. The zero-order chi connectivity index (χ0) is 17.4. The van der Waals surface area contributed by atoms with Crippen LogP contribution < -0.4 is 5.32 Å². The third-order valence-electron chi connectivity index (χ3n) is 5.51. The van der Waals surface area contributed by atoms with Gasteiger partial charge >= 0.3 is 5.97 Å². The van der Waals surface area contributed by atoms with Crippen molar-refractivity contribution in [2.24, 2.45) is 30.7 Å². The van der Waals surface area contributed by atoms with Crippen LogP contribution in [0.15, 0.2) is 12.2 Å². The fraction of sp³-hybridized carbons (Fsp3) is 0.611. The predicted octanol–water partition coefficient (Wildman–Crippen LogP) is 1.68. The van der Waals surface area contributed by atoms with E-state index in [4.69, 9.17) is 0 Å². The van der Waals surface area contributed by atoms with Crippen molar-refractivity contribution >= 4 is 11.9 Å². The number of nitrogens with one attached hydrogen (secondary N) is 1. The first-order valence-electron chi connectivity index (χ1n) is 8.70. The number of carboxylic acids is 1. The molecule has 0 aromatic carbocycles. The molecule has 2 aliphatic rings.